The number of amides is 5. The van der Waals surface area contributed by atoms with Gasteiger partial charge in [-0.15, -0.1) is 0 Å². The first-order chi connectivity index (χ1) is 19.6. The molecule has 0 aromatic heterocycles. The normalized spacial score (nSPS) is 19.7. The predicted molar refractivity (Wildman–Crippen MR) is 150 cm³/mol. The second-order valence-corrected chi connectivity index (χ2v) is 11.2. The van der Waals surface area contributed by atoms with E-state index in [1.165, 1.54) is 4.90 Å². The van der Waals surface area contributed by atoms with Gasteiger partial charge in [0.2, 0.25) is 11.8 Å². The number of hydrogen-bond acceptors (Lipinski definition) is 7. The summed E-state index contributed by atoms with van der Waals surface area (Å²) in [6.07, 6.45) is 1.54. The molecule has 2 atom stereocenters. The van der Waals surface area contributed by atoms with Gasteiger partial charge in [0.15, 0.2) is 0 Å². The van der Waals surface area contributed by atoms with E-state index >= 15 is 0 Å². The fourth-order valence-corrected chi connectivity index (χ4v) is 5.77. The Morgan fingerprint density at radius 1 is 1.17 bits per heavy atom. The third-order valence-electron chi connectivity index (χ3n) is 7.72. The van der Waals surface area contributed by atoms with Crippen LogP contribution in [-0.4, -0.2) is 60.4 Å². The van der Waals surface area contributed by atoms with Crippen LogP contribution in [0.5, 0.6) is 0 Å². The Kier molecular flexibility index (Phi) is 8.01. The number of rotatable bonds is 9. The molecule has 2 aromatic rings. The van der Waals surface area contributed by atoms with Gasteiger partial charge < -0.3 is 25.6 Å². The summed E-state index contributed by atoms with van der Waals surface area (Å²) in [5.41, 5.74) is 2.46. The average Bonchev–Trinajstić information content (AvgIpc) is 3.66. The first-order valence-electron chi connectivity index (χ1n) is 13.6. The van der Waals surface area contributed by atoms with Crippen molar-refractivity contribution < 1.29 is 28.7 Å². The molecule has 2 aromatic carbocycles. The molecule has 4 N–H and O–H groups in total. The second-order valence-electron chi connectivity index (χ2n) is 10.7. The molecule has 5 rings (SSSR count). The minimum absolute atomic E-state index is 0.193. The van der Waals surface area contributed by atoms with Crippen molar-refractivity contribution in [2.24, 2.45) is 0 Å². The van der Waals surface area contributed by atoms with Gasteiger partial charge in [-0.3, -0.25) is 24.5 Å². The molecular formula is C29H32ClN5O6. The molecule has 0 radical (unpaired) electrons. The minimum Gasteiger partial charge on any atom is -0.461 e. The van der Waals surface area contributed by atoms with Crippen LogP contribution in [0.15, 0.2) is 36.4 Å². The Balaban J connectivity index is 1.16. The third-order valence-corrected chi connectivity index (χ3v) is 8.04. The number of carbonyl (C=O) groups excluding carboxylic acids is 5. The molecule has 0 spiro atoms. The number of hydrogen-bond donors (Lipinski definition) is 4. The number of fused-ring (bicyclic) bond motifs is 1. The van der Waals surface area contributed by atoms with E-state index in [2.05, 4.69) is 21.3 Å². The van der Waals surface area contributed by atoms with Crippen molar-refractivity contribution in [3.63, 3.8) is 0 Å². The van der Waals surface area contributed by atoms with Gasteiger partial charge in [-0.2, -0.15) is 0 Å². The van der Waals surface area contributed by atoms with Gasteiger partial charge in [-0.1, -0.05) is 29.8 Å². The number of carbonyl (C=O) groups is 5. The number of nitrogens with zero attached hydrogens (tertiary/aromatic N) is 1. The highest BCUT2D eigenvalue weighted by atomic mass is 35.5. The van der Waals surface area contributed by atoms with Crippen molar-refractivity contribution in [1.82, 2.24) is 20.9 Å². The number of nitrogens with one attached hydrogen (secondary N) is 4. The fourth-order valence-electron chi connectivity index (χ4n) is 5.41. The summed E-state index contributed by atoms with van der Waals surface area (Å²) in [5, 5.41) is 11.2. The van der Waals surface area contributed by atoms with Crippen molar-refractivity contribution in [1.29, 1.82) is 0 Å². The topological polar surface area (TPSA) is 146 Å². The maximum atomic E-state index is 12.9. The Bertz CT molecular complexity index is 1420. The van der Waals surface area contributed by atoms with Crippen LogP contribution in [-0.2, 0) is 37.6 Å². The molecule has 216 valence electrons. The molecule has 0 bridgehead atoms. The van der Waals surface area contributed by atoms with Crippen molar-refractivity contribution in [2.75, 3.05) is 18.9 Å². The molecular weight excluding hydrogens is 550 g/mol. The van der Waals surface area contributed by atoms with Crippen LogP contribution >= 0.6 is 11.6 Å². The highest BCUT2D eigenvalue weighted by molar-refractivity contribution is 6.32. The summed E-state index contributed by atoms with van der Waals surface area (Å²) >= 11 is 6.54. The lowest BCUT2D eigenvalue weighted by Gasteiger charge is -2.29. The largest absolute Gasteiger partial charge is 0.461 e. The van der Waals surface area contributed by atoms with E-state index in [9.17, 15) is 24.0 Å². The highest BCUT2D eigenvalue weighted by Crippen LogP contribution is 2.52. The van der Waals surface area contributed by atoms with E-state index in [4.69, 9.17) is 16.3 Å². The molecule has 2 fully saturated rings. The lowest BCUT2D eigenvalue weighted by atomic mass is 9.95. The van der Waals surface area contributed by atoms with Crippen molar-refractivity contribution in [2.45, 2.75) is 63.3 Å². The van der Waals surface area contributed by atoms with E-state index in [0.29, 0.717) is 47.6 Å². The Morgan fingerprint density at radius 3 is 2.63 bits per heavy atom. The number of likely N-dealkylation sites (N-methyl/N-ethyl adjacent to an activating group) is 1. The van der Waals surface area contributed by atoms with Gasteiger partial charge in [0.25, 0.3) is 5.91 Å². The number of halogens is 1. The number of esters is 1. The number of piperidine rings is 1. The zero-order valence-corrected chi connectivity index (χ0v) is 23.6. The summed E-state index contributed by atoms with van der Waals surface area (Å²) in [5.74, 6) is -1.33. The summed E-state index contributed by atoms with van der Waals surface area (Å²) in [4.78, 5) is 63.5. The van der Waals surface area contributed by atoms with Crippen LogP contribution in [0.1, 0.15) is 59.7 Å². The van der Waals surface area contributed by atoms with E-state index < -0.39 is 23.4 Å². The van der Waals surface area contributed by atoms with E-state index in [-0.39, 0.29) is 43.4 Å². The fraction of sp³-hybridized carbons (Fsp3) is 0.414. The van der Waals surface area contributed by atoms with Crippen molar-refractivity contribution >= 4 is 47.0 Å². The highest BCUT2D eigenvalue weighted by Gasteiger charge is 2.54. The third kappa shape index (κ3) is 5.91. The lowest BCUT2D eigenvalue weighted by molar-refractivity contribution is -0.151. The van der Waals surface area contributed by atoms with Crippen LogP contribution in [0.25, 0.3) is 0 Å². The lowest BCUT2D eigenvalue weighted by Crippen LogP contribution is -2.52. The van der Waals surface area contributed by atoms with Gasteiger partial charge in [0.05, 0.1) is 5.41 Å². The summed E-state index contributed by atoms with van der Waals surface area (Å²) in [6.45, 7) is 2.85. The average molecular weight is 582 g/mol. The minimum atomic E-state index is -0.747. The summed E-state index contributed by atoms with van der Waals surface area (Å²) in [6, 6.07) is 9.22. The van der Waals surface area contributed by atoms with Crippen molar-refractivity contribution in [3.8, 4) is 0 Å². The molecule has 3 aliphatic rings. The molecule has 11 nitrogen and oxygen atoms in total. The second kappa shape index (κ2) is 11.5. The molecule has 1 unspecified atom stereocenters. The van der Waals surface area contributed by atoms with Gasteiger partial charge in [-0.05, 0) is 68.1 Å². The molecule has 1 saturated carbocycles. The first kappa shape index (κ1) is 28.6. The summed E-state index contributed by atoms with van der Waals surface area (Å²) in [7, 11) is 1.79. The van der Waals surface area contributed by atoms with Crippen LogP contribution in [0, 0.1) is 0 Å². The smallest absolute Gasteiger partial charge is 0.319 e. The molecule has 12 heteroatoms. The molecule has 5 amide bonds. The van der Waals surface area contributed by atoms with Crippen LogP contribution in [0.2, 0.25) is 5.02 Å². The number of anilines is 1. The zero-order valence-electron chi connectivity index (χ0n) is 22.8. The Hall–Kier alpha value is -3.96. The van der Waals surface area contributed by atoms with Crippen LogP contribution < -0.4 is 21.3 Å². The number of urea groups is 1. The number of imide groups is 1. The zero-order chi connectivity index (χ0) is 29.3. The first-order valence-corrected chi connectivity index (χ1v) is 14.0. The van der Waals surface area contributed by atoms with E-state index in [1.54, 1.807) is 37.4 Å². The molecule has 1 aliphatic carbocycles. The molecule has 2 heterocycles. The maximum Gasteiger partial charge on any atom is 0.319 e. The van der Waals surface area contributed by atoms with Crippen molar-refractivity contribution in [3.05, 3.63) is 63.7 Å². The van der Waals surface area contributed by atoms with E-state index in [0.717, 1.165) is 11.1 Å². The van der Waals surface area contributed by atoms with Crippen LogP contribution in [0.4, 0.5) is 10.5 Å². The summed E-state index contributed by atoms with van der Waals surface area (Å²) < 4.78 is 5.58. The molecule has 1 saturated heterocycles. The monoisotopic (exact) mass is 581 g/mol. The van der Waals surface area contributed by atoms with E-state index in [1.807, 2.05) is 13.0 Å². The van der Waals surface area contributed by atoms with Gasteiger partial charge in [0, 0.05) is 42.3 Å². The van der Waals surface area contributed by atoms with Gasteiger partial charge in [-0.25, -0.2) is 4.79 Å². The van der Waals surface area contributed by atoms with Gasteiger partial charge in [0.1, 0.15) is 12.1 Å². The Labute approximate surface area is 242 Å². The molecule has 41 heavy (non-hydrogen) atoms. The quantitative estimate of drug-likeness (QED) is 0.263. The number of benzene rings is 2. The standard InChI is InChI=1S/C29H32ClN5O6/c1-16(13-31-2)41-27(39)29(9-10-29)21-6-4-19(12-22(21)30)33-28(40)32-14-17-3-5-20-18(11-17)15-35(26(20)38)23-7-8-24(36)34-25(23)37/h3-6,11-12,16,23,31H,7-10,13-15H2,1-2H3,(H2,32,33,40)(H,34,36,37)/t16-,23?/m0/s1. The Morgan fingerprint density at radius 2 is 1.95 bits per heavy atom. The SMILES string of the molecule is CNC[C@H](C)OC(=O)C1(c2ccc(NC(=O)NCc3ccc4c(c3)CN(C3CCC(=O)NC3=O)C4=O)cc2Cl)CC1. The van der Waals surface area contributed by atoms with Gasteiger partial charge >= 0.3 is 12.0 Å². The van der Waals surface area contributed by atoms with Crippen LogP contribution in [0.3, 0.4) is 0 Å². The predicted octanol–water partition coefficient (Wildman–Crippen LogP) is 2.61. The maximum absolute atomic E-state index is 12.9. The number of ether oxygens (including phenoxy) is 1. The molecule has 2 aliphatic heterocycles.